The molecule has 6 heteroatoms. The van der Waals surface area contributed by atoms with E-state index < -0.39 is 5.97 Å². The fourth-order valence-corrected chi connectivity index (χ4v) is 3.08. The van der Waals surface area contributed by atoms with Gasteiger partial charge < -0.3 is 10.4 Å². The molecule has 104 valence electrons. The van der Waals surface area contributed by atoms with Crippen molar-refractivity contribution in [3.8, 4) is 0 Å². The number of aromatic carboxylic acids is 1. The van der Waals surface area contributed by atoms with Gasteiger partial charge in [-0.3, -0.25) is 4.79 Å². The van der Waals surface area contributed by atoms with Crippen molar-refractivity contribution in [3.05, 3.63) is 56.2 Å². The van der Waals surface area contributed by atoms with Gasteiger partial charge in [0.2, 0.25) is 0 Å². The highest BCUT2D eigenvalue weighted by molar-refractivity contribution is 9.11. The standard InChI is InChI=1S/C14H12BrNO3S/c15-12-6-5-11(20-12)13(17)16-8-7-9-3-1-2-4-10(9)14(18)19/h1-6H,7-8H2,(H,16,17)(H,18,19). The molecule has 0 bridgehead atoms. The predicted molar refractivity (Wildman–Crippen MR) is 81.5 cm³/mol. The van der Waals surface area contributed by atoms with E-state index in [0.717, 1.165) is 3.79 Å². The zero-order valence-electron chi connectivity index (χ0n) is 10.4. The first kappa shape index (κ1) is 14.7. The zero-order chi connectivity index (χ0) is 14.5. The third-order valence-corrected chi connectivity index (χ3v) is 4.35. The molecule has 0 fully saturated rings. The largest absolute Gasteiger partial charge is 0.478 e. The lowest BCUT2D eigenvalue weighted by atomic mass is 10.0. The summed E-state index contributed by atoms with van der Waals surface area (Å²) in [5, 5.41) is 11.8. The number of carboxylic acid groups (broad SMARTS) is 1. The molecule has 0 saturated heterocycles. The van der Waals surface area contributed by atoms with E-state index in [2.05, 4.69) is 21.2 Å². The Balaban J connectivity index is 1.93. The van der Waals surface area contributed by atoms with Crippen LogP contribution in [0.2, 0.25) is 0 Å². The first-order valence-corrected chi connectivity index (χ1v) is 7.53. The average Bonchev–Trinajstić information content (AvgIpc) is 2.86. The Morgan fingerprint density at radius 1 is 1.20 bits per heavy atom. The van der Waals surface area contributed by atoms with Crippen LogP contribution in [0.15, 0.2) is 40.2 Å². The van der Waals surface area contributed by atoms with Crippen LogP contribution < -0.4 is 5.32 Å². The zero-order valence-corrected chi connectivity index (χ0v) is 12.8. The van der Waals surface area contributed by atoms with Crippen molar-refractivity contribution in [1.29, 1.82) is 0 Å². The number of carbonyl (C=O) groups excluding carboxylic acids is 1. The van der Waals surface area contributed by atoms with Crippen LogP contribution in [0.1, 0.15) is 25.6 Å². The molecule has 1 amide bonds. The molecule has 0 radical (unpaired) electrons. The number of amides is 1. The molecule has 2 rings (SSSR count). The van der Waals surface area contributed by atoms with Crippen molar-refractivity contribution in [2.75, 3.05) is 6.54 Å². The molecule has 1 aromatic heterocycles. The molecule has 0 unspecified atom stereocenters. The Bertz CT molecular complexity index is 639. The lowest BCUT2D eigenvalue weighted by Gasteiger charge is -2.06. The van der Waals surface area contributed by atoms with Gasteiger partial charge in [0.05, 0.1) is 14.2 Å². The molecule has 1 aromatic carbocycles. The van der Waals surface area contributed by atoms with Gasteiger partial charge in [-0.25, -0.2) is 4.79 Å². The minimum Gasteiger partial charge on any atom is -0.478 e. The maximum atomic E-state index is 11.8. The SMILES string of the molecule is O=C(NCCc1ccccc1C(=O)O)c1ccc(Br)s1. The summed E-state index contributed by atoms with van der Waals surface area (Å²) in [6.45, 7) is 0.401. The third kappa shape index (κ3) is 3.68. The Kier molecular flexibility index (Phi) is 4.92. The minimum atomic E-state index is -0.950. The van der Waals surface area contributed by atoms with Crippen LogP contribution in [-0.2, 0) is 6.42 Å². The molecule has 4 nitrogen and oxygen atoms in total. The Labute approximate surface area is 128 Å². The van der Waals surface area contributed by atoms with Gasteiger partial charge in [-0.1, -0.05) is 18.2 Å². The second-order valence-electron chi connectivity index (χ2n) is 4.07. The summed E-state index contributed by atoms with van der Waals surface area (Å²) in [6.07, 6.45) is 0.487. The van der Waals surface area contributed by atoms with Crippen LogP contribution in [0.4, 0.5) is 0 Å². The van der Waals surface area contributed by atoms with Crippen LogP contribution in [0.25, 0.3) is 0 Å². The van der Waals surface area contributed by atoms with Gasteiger partial charge in [-0.15, -0.1) is 11.3 Å². The minimum absolute atomic E-state index is 0.145. The first-order chi connectivity index (χ1) is 9.58. The topological polar surface area (TPSA) is 66.4 Å². The number of rotatable bonds is 5. The van der Waals surface area contributed by atoms with E-state index >= 15 is 0 Å². The molecule has 20 heavy (non-hydrogen) atoms. The maximum absolute atomic E-state index is 11.8. The smallest absolute Gasteiger partial charge is 0.335 e. The van der Waals surface area contributed by atoms with E-state index in [-0.39, 0.29) is 11.5 Å². The highest BCUT2D eigenvalue weighted by atomic mass is 79.9. The summed E-state index contributed by atoms with van der Waals surface area (Å²) in [7, 11) is 0. The van der Waals surface area contributed by atoms with Gasteiger partial charge in [-0.05, 0) is 46.1 Å². The number of hydrogen-bond donors (Lipinski definition) is 2. The summed E-state index contributed by atoms with van der Waals surface area (Å²) >= 11 is 4.66. The number of benzene rings is 1. The number of hydrogen-bond acceptors (Lipinski definition) is 3. The highest BCUT2D eigenvalue weighted by Gasteiger charge is 2.10. The number of thiophene rings is 1. The van der Waals surface area contributed by atoms with E-state index in [1.54, 1.807) is 30.3 Å². The number of halogens is 1. The first-order valence-electron chi connectivity index (χ1n) is 5.92. The van der Waals surface area contributed by atoms with Crippen LogP contribution in [0, 0.1) is 0 Å². The predicted octanol–water partition coefficient (Wildman–Crippen LogP) is 3.18. The van der Waals surface area contributed by atoms with Gasteiger partial charge >= 0.3 is 5.97 Å². The van der Waals surface area contributed by atoms with Gasteiger partial charge in [0.15, 0.2) is 0 Å². The third-order valence-electron chi connectivity index (χ3n) is 2.72. The van der Waals surface area contributed by atoms with Crippen molar-refractivity contribution in [1.82, 2.24) is 5.32 Å². The molecule has 2 aromatic rings. The number of carboxylic acids is 1. The summed E-state index contributed by atoms with van der Waals surface area (Å²) in [5.74, 6) is -1.09. The number of nitrogens with one attached hydrogen (secondary N) is 1. The molecule has 0 saturated carbocycles. The lowest BCUT2D eigenvalue weighted by molar-refractivity contribution is 0.0695. The van der Waals surface area contributed by atoms with Gasteiger partial charge in [-0.2, -0.15) is 0 Å². The molecule has 0 aliphatic carbocycles. The van der Waals surface area contributed by atoms with E-state index in [4.69, 9.17) is 5.11 Å². The van der Waals surface area contributed by atoms with Crippen molar-refractivity contribution in [3.63, 3.8) is 0 Å². The van der Waals surface area contributed by atoms with Crippen molar-refractivity contribution in [2.24, 2.45) is 0 Å². The average molecular weight is 354 g/mol. The van der Waals surface area contributed by atoms with Crippen molar-refractivity contribution in [2.45, 2.75) is 6.42 Å². The quantitative estimate of drug-likeness (QED) is 0.867. The lowest BCUT2D eigenvalue weighted by Crippen LogP contribution is -2.25. The summed E-state index contributed by atoms with van der Waals surface area (Å²) < 4.78 is 0.902. The molecule has 0 spiro atoms. The summed E-state index contributed by atoms with van der Waals surface area (Å²) in [6, 6.07) is 10.4. The Hall–Kier alpha value is -1.66. The fraction of sp³-hybridized carbons (Fsp3) is 0.143. The molecule has 1 heterocycles. The van der Waals surface area contributed by atoms with Crippen LogP contribution in [0.5, 0.6) is 0 Å². The van der Waals surface area contributed by atoms with Crippen LogP contribution in [0.3, 0.4) is 0 Å². The maximum Gasteiger partial charge on any atom is 0.335 e. The van der Waals surface area contributed by atoms with Crippen LogP contribution >= 0.6 is 27.3 Å². The molecule has 2 N–H and O–H groups in total. The second kappa shape index (κ2) is 6.67. The van der Waals surface area contributed by atoms with E-state index in [0.29, 0.717) is 23.4 Å². The van der Waals surface area contributed by atoms with E-state index in [1.165, 1.54) is 11.3 Å². The van der Waals surface area contributed by atoms with E-state index in [1.807, 2.05) is 6.07 Å². The Morgan fingerprint density at radius 3 is 2.60 bits per heavy atom. The Morgan fingerprint density at radius 2 is 1.95 bits per heavy atom. The molecular formula is C14H12BrNO3S. The van der Waals surface area contributed by atoms with Gasteiger partial charge in [0.1, 0.15) is 0 Å². The molecule has 0 atom stereocenters. The molecule has 0 aliphatic heterocycles. The second-order valence-corrected chi connectivity index (χ2v) is 6.53. The van der Waals surface area contributed by atoms with E-state index in [9.17, 15) is 9.59 Å². The normalized spacial score (nSPS) is 10.2. The highest BCUT2D eigenvalue weighted by Crippen LogP contribution is 2.21. The summed E-state index contributed by atoms with van der Waals surface area (Å²) in [5.41, 5.74) is 0.994. The van der Waals surface area contributed by atoms with Gasteiger partial charge in [0, 0.05) is 6.54 Å². The van der Waals surface area contributed by atoms with Gasteiger partial charge in [0.25, 0.3) is 5.91 Å². The molecular weight excluding hydrogens is 342 g/mol. The summed E-state index contributed by atoms with van der Waals surface area (Å²) in [4.78, 5) is 23.5. The van der Waals surface area contributed by atoms with Crippen molar-refractivity contribution < 1.29 is 14.7 Å². The van der Waals surface area contributed by atoms with Crippen LogP contribution in [-0.4, -0.2) is 23.5 Å². The molecule has 0 aliphatic rings. The monoisotopic (exact) mass is 353 g/mol. The fourth-order valence-electron chi connectivity index (χ4n) is 1.78. The van der Waals surface area contributed by atoms with Crippen molar-refractivity contribution >= 4 is 39.1 Å². The number of carbonyl (C=O) groups is 2.